The van der Waals surface area contributed by atoms with Gasteiger partial charge in [0.2, 0.25) is 10.0 Å². The maximum absolute atomic E-state index is 13.5. The summed E-state index contributed by atoms with van der Waals surface area (Å²) in [5.74, 6) is -0.113. The van der Waals surface area contributed by atoms with Crippen LogP contribution in [0.25, 0.3) is 0 Å². The van der Waals surface area contributed by atoms with Gasteiger partial charge in [-0.05, 0) is 38.8 Å². The average molecular weight is 392 g/mol. The van der Waals surface area contributed by atoms with E-state index in [1.54, 1.807) is 10.4 Å². The van der Waals surface area contributed by atoms with Crippen LogP contribution in [-0.2, 0) is 10.0 Å². The SMILES string of the molecule is CC1NNC(C)C1S(=O)(=O)N1CCC(Oc2ccc(Cl)c(F)c2)CC1. The van der Waals surface area contributed by atoms with E-state index < -0.39 is 21.1 Å². The minimum absolute atomic E-state index is 0.0512. The van der Waals surface area contributed by atoms with E-state index in [1.165, 1.54) is 12.1 Å². The number of hydrazine groups is 1. The van der Waals surface area contributed by atoms with Crippen LogP contribution in [0.1, 0.15) is 26.7 Å². The number of halogens is 2. The van der Waals surface area contributed by atoms with E-state index >= 15 is 0 Å². The van der Waals surface area contributed by atoms with Crippen molar-refractivity contribution in [2.24, 2.45) is 0 Å². The lowest BCUT2D eigenvalue weighted by molar-refractivity contribution is 0.134. The van der Waals surface area contributed by atoms with Crippen molar-refractivity contribution in [3.8, 4) is 5.75 Å². The van der Waals surface area contributed by atoms with Crippen molar-refractivity contribution in [1.82, 2.24) is 15.2 Å². The molecule has 0 saturated carbocycles. The van der Waals surface area contributed by atoms with Crippen LogP contribution in [-0.4, -0.2) is 49.3 Å². The molecular formula is C16H23ClFN3O3S. The molecule has 25 heavy (non-hydrogen) atoms. The van der Waals surface area contributed by atoms with Crippen molar-refractivity contribution in [2.75, 3.05) is 13.1 Å². The third kappa shape index (κ3) is 3.93. The quantitative estimate of drug-likeness (QED) is 0.820. The topological polar surface area (TPSA) is 70.7 Å². The van der Waals surface area contributed by atoms with Gasteiger partial charge in [0.1, 0.15) is 22.9 Å². The molecule has 0 radical (unpaired) electrons. The van der Waals surface area contributed by atoms with Gasteiger partial charge in [0.25, 0.3) is 0 Å². The van der Waals surface area contributed by atoms with E-state index in [1.807, 2.05) is 13.8 Å². The van der Waals surface area contributed by atoms with Crippen LogP contribution in [0.2, 0.25) is 5.02 Å². The van der Waals surface area contributed by atoms with Gasteiger partial charge in [0.15, 0.2) is 0 Å². The molecule has 6 nitrogen and oxygen atoms in total. The molecule has 0 amide bonds. The highest BCUT2D eigenvalue weighted by Gasteiger charge is 2.44. The number of rotatable bonds is 4. The molecule has 2 N–H and O–H groups in total. The lowest BCUT2D eigenvalue weighted by atomic mass is 10.1. The second-order valence-corrected chi connectivity index (χ2v) is 9.17. The molecule has 0 aromatic heterocycles. The summed E-state index contributed by atoms with van der Waals surface area (Å²) in [5.41, 5.74) is 5.98. The molecular weight excluding hydrogens is 369 g/mol. The van der Waals surface area contributed by atoms with Gasteiger partial charge in [0.05, 0.1) is 5.02 Å². The summed E-state index contributed by atoms with van der Waals surface area (Å²) in [6, 6.07) is 4.03. The zero-order valence-electron chi connectivity index (χ0n) is 14.2. The molecule has 1 aromatic rings. The molecule has 2 atom stereocenters. The zero-order chi connectivity index (χ0) is 18.2. The molecule has 2 saturated heterocycles. The Bertz CT molecular complexity index is 715. The van der Waals surface area contributed by atoms with Crippen LogP contribution < -0.4 is 15.6 Å². The fourth-order valence-electron chi connectivity index (χ4n) is 3.50. The Kier molecular flexibility index (Phi) is 5.55. The minimum atomic E-state index is -3.39. The maximum atomic E-state index is 13.5. The summed E-state index contributed by atoms with van der Waals surface area (Å²) >= 11 is 5.66. The number of ether oxygens (including phenoxy) is 1. The standard InChI is InChI=1S/C16H23ClFN3O3S/c1-10-16(11(2)20-19-10)25(22,23)21-7-5-12(6-8-21)24-13-3-4-14(17)15(18)9-13/h3-4,9-12,16,19-20H,5-8H2,1-2H3. The summed E-state index contributed by atoms with van der Waals surface area (Å²) < 4.78 is 46.6. The summed E-state index contributed by atoms with van der Waals surface area (Å²) in [6.45, 7) is 4.53. The molecule has 2 unspecified atom stereocenters. The van der Waals surface area contributed by atoms with Crippen LogP contribution in [0, 0.1) is 5.82 Å². The number of nitrogens with zero attached hydrogens (tertiary/aromatic N) is 1. The fraction of sp³-hybridized carbons (Fsp3) is 0.625. The first-order valence-corrected chi connectivity index (χ1v) is 10.3. The van der Waals surface area contributed by atoms with E-state index in [4.69, 9.17) is 16.3 Å². The van der Waals surface area contributed by atoms with E-state index in [2.05, 4.69) is 10.9 Å². The minimum Gasteiger partial charge on any atom is -0.490 e. The third-order valence-electron chi connectivity index (χ3n) is 4.82. The third-order valence-corrected chi connectivity index (χ3v) is 7.72. The number of piperidine rings is 1. The predicted molar refractivity (Wildman–Crippen MR) is 94.5 cm³/mol. The van der Waals surface area contributed by atoms with Crippen molar-refractivity contribution in [2.45, 2.75) is 50.1 Å². The lowest BCUT2D eigenvalue weighted by Gasteiger charge is -2.34. The van der Waals surface area contributed by atoms with Crippen LogP contribution in [0.5, 0.6) is 5.75 Å². The van der Waals surface area contributed by atoms with E-state index in [0.29, 0.717) is 31.7 Å². The molecule has 0 spiro atoms. The van der Waals surface area contributed by atoms with E-state index in [0.717, 1.165) is 0 Å². The summed E-state index contributed by atoms with van der Waals surface area (Å²) in [7, 11) is -3.39. The van der Waals surface area contributed by atoms with Gasteiger partial charge >= 0.3 is 0 Å². The molecule has 140 valence electrons. The van der Waals surface area contributed by atoms with Crippen molar-refractivity contribution in [3.05, 3.63) is 29.0 Å². The van der Waals surface area contributed by atoms with E-state index in [-0.39, 0.29) is 23.2 Å². The van der Waals surface area contributed by atoms with Gasteiger partial charge in [0, 0.05) is 31.2 Å². The molecule has 9 heteroatoms. The maximum Gasteiger partial charge on any atom is 0.220 e. The average Bonchev–Trinajstić information content (AvgIpc) is 2.91. The first-order valence-electron chi connectivity index (χ1n) is 8.41. The van der Waals surface area contributed by atoms with E-state index in [9.17, 15) is 12.8 Å². The van der Waals surface area contributed by atoms with Gasteiger partial charge in [-0.2, -0.15) is 0 Å². The Morgan fingerprint density at radius 3 is 2.36 bits per heavy atom. The predicted octanol–water partition coefficient (Wildman–Crippen LogP) is 1.91. The molecule has 2 aliphatic heterocycles. The Balaban J connectivity index is 1.60. The lowest BCUT2D eigenvalue weighted by Crippen LogP contribution is -2.50. The van der Waals surface area contributed by atoms with Crippen LogP contribution >= 0.6 is 11.6 Å². The van der Waals surface area contributed by atoms with Crippen LogP contribution in [0.15, 0.2) is 18.2 Å². The van der Waals surface area contributed by atoms with Gasteiger partial charge < -0.3 is 4.74 Å². The summed E-state index contributed by atoms with van der Waals surface area (Å²) in [4.78, 5) is 0. The number of nitrogens with one attached hydrogen (secondary N) is 2. The first-order chi connectivity index (χ1) is 11.8. The van der Waals surface area contributed by atoms with Crippen molar-refractivity contribution < 1.29 is 17.5 Å². The Morgan fingerprint density at radius 1 is 1.20 bits per heavy atom. The molecule has 2 aliphatic rings. The smallest absolute Gasteiger partial charge is 0.220 e. The molecule has 2 heterocycles. The Morgan fingerprint density at radius 2 is 1.80 bits per heavy atom. The van der Waals surface area contributed by atoms with Gasteiger partial charge in [-0.1, -0.05) is 11.6 Å². The van der Waals surface area contributed by atoms with Crippen molar-refractivity contribution >= 4 is 21.6 Å². The van der Waals surface area contributed by atoms with Gasteiger partial charge in [-0.3, -0.25) is 10.9 Å². The number of sulfonamides is 1. The second-order valence-electron chi connectivity index (χ2n) is 6.67. The number of hydrogen-bond donors (Lipinski definition) is 2. The fourth-order valence-corrected chi connectivity index (χ4v) is 5.84. The number of benzene rings is 1. The normalized spacial score (nSPS) is 29.0. The van der Waals surface area contributed by atoms with Crippen molar-refractivity contribution in [1.29, 1.82) is 0 Å². The highest BCUT2D eigenvalue weighted by Crippen LogP contribution is 2.27. The Labute approximate surface area is 152 Å². The Hall–Kier alpha value is -0.930. The van der Waals surface area contributed by atoms with Crippen LogP contribution in [0.4, 0.5) is 4.39 Å². The monoisotopic (exact) mass is 391 g/mol. The van der Waals surface area contributed by atoms with Crippen LogP contribution in [0.3, 0.4) is 0 Å². The summed E-state index contributed by atoms with van der Waals surface area (Å²) in [5, 5.41) is -0.439. The van der Waals surface area contributed by atoms with Gasteiger partial charge in [-0.25, -0.2) is 17.1 Å². The largest absolute Gasteiger partial charge is 0.490 e. The zero-order valence-corrected chi connectivity index (χ0v) is 15.8. The van der Waals surface area contributed by atoms with Gasteiger partial charge in [-0.15, -0.1) is 0 Å². The summed E-state index contributed by atoms with van der Waals surface area (Å²) in [6.07, 6.45) is 1.00. The highest BCUT2D eigenvalue weighted by atomic mass is 35.5. The number of hydrogen-bond acceptors (Lipinski definition) is 5. The molecule has 3 rings (SSSR count). The molecule has 2 fully saturated rings. The second kappa shape index (κ2) is 7.36. The molecule has 0 bridgehead atoms. The highest BCUT2D eigenvalue weighted by molar-refractivity contribution is 7.89. The molecule has 1 aromatic carbocycles. The molecule has 0 aliphatic carbocycles. The van der Waals surface area contributed by atoms with Crippen molar-refractivity contribution in [3.63, 3.8) is 0 Å². The first kappa shape index (κ1) is 18.8.